The molecule has 3 heteroatoms. The zero-order chi connectivity index (χ0) is 37.7. The van der Waals surface area contributed by atoms with Crippen molar-refractivity contribution >= 4 is 71.2 Å². The summed E-state index contributed by atoms with van der Waals surface area (Å²) in [6.45, 7) is 0. The van der Waals surface area contributed by atoms with Gasteiger partial charge in [0.05, 0.1) is 0 Å². The summed E-state index contributed by atoms with van der Waals surface area (Å²) in [7, 11) is 0. The lowest BCUT2D eigenvalue weighted by Crippen LogP contribution is -2.14. The van der Waals surface area contributed by atoms with E-state index >= 15 is 0 Å². The largest absolute Gasteiger partial charge is 0.278 e. The number of hydrogen-bond donors (Lipinski definition) is 0. The number of benzene rings is 9. The van der Waals surface area contributed by atoms with E-state index in [0.717, 1.165) is 38.9 Å². The molecule has 3 nitrogen and oxygen atoms in total. The summed E-state index contributed by atoms with van der Waals surface area (Å²) in [6.07, 6.45) is 3.81. The molecule has 0 amide bonds. The van der Waals surface area contributed by atoms with E-state index in [2.05, 4.69) is 205 Å². The highest BCUT2D eigenvalue weighted by Gasteiger charge is 2.24. The Morgan fingerprint density at radius 1 is 0.316 bits per heavy atom. The minimum atomic E-state index is 0.838. The number of nitrogens with zero attached hydrogens (tertiary/aromatic N) is 3. The van der Waals surface area contributed by atoms with Gasteiger partial charge in [0.15, 0.2) is 0 Å². The van der Waals surface area contributed by atoms with Crippen LogP contribution < -0.4 is 4.90 Å². The molecule has 57 heavy (non-hydrogen) atoms. The predicted octanol–water partition coefficient (Wildman–Crippen LogP) is 14.7. The molecule has 0 atom stereocenters. The number of fused-ring (bicyclic) bond motifs is 8. The first-order valence-corrected chi connectivity index (χ1v) is 19.4. The number of anilines is 3. The smallest absolute Gasteiger partial charge is 0.146 e. The van der Waals surface area contributed by atoms with E-state index in [0.29, 0.717) is 0 Å². The maximum atomic E-state index is 5.08. The van der Waals surface area contributed by atoms with Crippen molar-refractivity contribution in [2.45, 2.75) is 0 Å². The van der Waals surface area contributed by atoms with Gasteiger partial charge in [-0.3, -0.25) is 4.90 Å². The van der Waals surface area contributed by atoms with Crippen molar-refractivity contribution in [3.05, 3.63) is 213 Å². The third-order valence-corrected chi connectivity index (χ3v) is 11.3. The van der Waals surface area contributed by atoms with Gasteiger partial charge in [0.1, 0.15) is 11.6 Å². The Morgan fingerprint density at radius 2 is 0.789 bits per heavy atom. The number of hydrogen-bond acceptors (Lipinski definition) is 3. The van der Waals surface area contributed by atoms with Gasteiger partial charge in [-0.05, 0) is 107 Å². The maximum Gasteiger partial charge on any atom is 0.146 e. The highest BCUT2D eigenvalue weighted by molar-refractivity contribution is 6.33. The lowest BCUT2D eigenvalue weighted by molar-refractivity contribution is 1.15. The van der Waals surface area contributed by atoms with Crippen molar-refractivity contribution in [1.82, 2.24) is 9.97 Å². The Morgan fingerprint density at radius 3 is 1.39 bits per heavy atom. The first kappa shape index (κ1) is 32.8. The fraction of sp³-hybridized carbons (Fsp3) is 0. The third kappa shape index (κ3) is 5.43. The van der Waals surface area contributed by atoms with Crippen molar-refractivity contribution in [2.24, 2.45) is 0 Å². The molecule has 266 valence electrons. The van der Waals surface area contributed by atoms with Crippen LogP contribution in [-0.2, 0) is 0 Å². The van der Waals surface area contributed by atoms with E-state index < -0.39 is 0 Å². The van der Waals surface area contributed by atoms with Gasteiger partial charge in [-0.25, -0.2) is 9.97 Å². The van der Waals surface area contributed by atoms with Crippen molar-refractivity contribution < 1.29 is 0 Å². The van der Waals surface area contributed by atoms with Gasteiger partial charge in [0, 0.05) is 28.9 Å². The first-order valence-electron chi connectivity index (χ1n) is 19.4. The molecule has 9 aromatic carbocycles. The highest BCUT2D eigenvalue weighted by atomic mass is 15.2. The van der Waals surface area contributed by atoms with Crippen LogP contribution in [0.25, 0.3) is 87.2 Å². The van der Waals surface area contributed by atoms with E-state index in [1.165, 1.54) is 65.7 Å². The van der Waals surface area contributed by atoms with Crippen molar-refractivity contribution in [3.63, 3.8) is 0 Å². The molecule has 0 aliphatic heterocycles. The Kier molecular flexibility index (Phi) is 7.82. The van der Waals surface area contributed by atoms with E-state index in [-0.39, 0.29) is 0 Å². The van der Waals surface area contributed by atoms with Gasteiger partial charge in [0.2, 0.25) is 0 Å². The minimum absolute atomic E-state index is 0.838. The van der Waals surface area contributed by atoms with Crippen LogP contribution in [0.2, 0.25) is 0 Å². The summed E-state index contributed by atoms with van der Waals surface area (Å²) in [6, 6.07) is 71.9. The van der Waals surface area contributed by atoms with Crippen LogP contribution in [0.5, 0.6) is 0 Å². The summed E-state index contributed by atoms with van der Waals surface area (Å²) in [5, 5.41) is 11.6. The van der Waals surface area contributed by atoms with Crippen LogP contribution >= 0.6 is 0 Å². The molecule has 11 rings (SSSR count). The maximum absolute atomic E-state index is 5.08. The monoisotopic (exact) mass is 725 g/mol. The number of pyridine rings is 2. The molecule has 0 unspecified atom stereocenters. The molecule has 0 saturated carbocycles. The molecule has 0 saturated heterocycles. The highest BCUT2D eigenvalue weighted by Crippen LogP contribution is 2.50. The van der Waals surface area contributed by atoms with Crippen LogP contribution in [0.3, 0.4) is 0 Å². The molecule has 2 aromatic heterocycles. The summed E-state index contributed by atoms with van der Waals surface area (Å²) >= 11 is 0. The van der Waals surface area contributed by atoms with Crippen molar-refractivity contribution in [1.29, 1.82) is 0 Å². The predicted molar refractivity (Wildman–Crippen MR) is 241 cm³/mol. The molecule has 0 spiro atoms. The quantitative estimate of drug-likeness (QED) is 0.160. The molecular formula is C54H35N3. The van der Waals surface area contributed by atoms with Gasteiger partial charge in [-0.1, -0.05) is 170 Å². The summed E-state index contributed by atoms with van der Waals surface area (Å²) < 4.78 is 0. The molecular weight excluding hydrogens is 691 g/mol. The normalized spacial score (nSPS) is 11.5. The summed E-state index contributed by atoms with van der Waals surface area (Å²) in [5.74, 6) is 1.68. The second kappa shape index (κ2) is 13.6. The van der Waals surface area contributed by atoms with E-state index in [1.807, 2.05) is 12.4 Å². The SMILES string of the molecule is c1ccc(-c2cc(-c3ccccc3)c3c4ccc(N(c5nccc6ccccc56)c5nccc6ccccc56)cc4c4ccccc4c3c2-c2ccccc2)cc1. The van der Waals surface area contributed by atoms with Crippen LogP contribution in [0.4, 0.5) is 17.3 Å². The van der Waals surface area contributed by atoms with Crippen molar-refractivity contribution in [2.75, 3.05) is 4.90 Å². The Labute approximate surface area is 330 Å². The lowest BCUT2D eigenvalue weighted by atomic mass is 9.81. The summed E-state index contributed by atoms with van der Waals surface area (Å²) in [5.41, 5.74) is 8.21. The van der Waals surface area contributed by atoms with Crippen LogP contribution in [0, 0.1) is 0 Å². The topological polar surface area (TPSA) is 29.0 Å². The van der Waals surface area contributed by atoms with Gasteiger partial charge in [-0.2, -0.15) is 0 Å². The van der Waals surface area contributed by atoms with E-state index in [9.17, 15) is 0 Å². The molecule has 0 aliphatic rings. The Bertz CT molecular complexity index is 3200. The van der Waals surface area contributed by atoms with Gasteiger partial charge in [-0.15, -0.1) is 0 Å². The van der Waals surface area contributed by atoms with Crippen molar-refractivity contribution in [3.8, 4) is 33.4 Å². The van der Waals surface area contributed by atoms with Crippen LogP contribution in [-0.4, -0.2) is 9.97 Å². The molecule has 0 N–H and O–H groups in total. The first-order chi connectivity index (χ1) is 28.3. The number of rotatable bonds is 6. The Hall–Kier alpha value is -7.62. The van der Waals surface area contributed by atoms with Gasteiger partial charge >= 0.3 is 0 Å². The standard InChI is InChI=1S/C54H35N3/c1-4-16-36(17-5-1)47-35-48(37-18-6-2-7-19-37)51-46-29-28-41(34-49(46)44-26-14-15-27-45(44)52(51)50(47)40-22-8-3-9-23-40)57(53-42-24-12-10-20-38(42)30-32-55-53)54-43-25-13-11-21-39(43)31-33-56-54/h1-35H. The van der Waals surface area contributed by atoms with Gasteiger partial charge in [0.25, 0.3) is 0 Å². The van der Waals surface area contributed by atoms with Crippen LogP contribution in [0.1, 0.15) is 0 Å². The minimum Gasteiger partial charge on any atom is -0.278 e. The molecule has 0 aliphatic carbocycles. The fourth-order valence-corrected chi connectivity index (χ4v) is 8.78. The molecule has 0 bridgehead atoms. The second-order valence-electron chi connectivity index (χ2n) is 14.5. The molecule has 0 radical (unpaired) electrons. The average Bonchev–Trinajstić information content (AvgIpc) is 3.29. The lowest BCUT2D eigenvalue weighted by Gasteiger charge is -2.27. The molecule has 2 heterocycles. The molecule has 0 fully saturated rings. The van der Waals surface area contributed by atoms with Gasteiger partial charge < -0.3 is 0 Å². The summed E-state index contributed by atoms with van der Waals surface area (Å²) in [4.78, 5) is 12.4. The number of aromatic nitrogens is 2. The Balaban J connectivity index is 1.30. The van der Waals surface area contributed by atoms with Crippen LogP contribution in [0.15, 0.2) is 213 Å². The van der Waals surface area contributed by atoms with E-state index in [4.69, 9.17) is 9.97 Å². The second-order valence-corrected chi connectivity index (χ2v) is 14.5. The third-order valence-electron chi connectivity index (χ3n) is 11.3. The zero-order valence-electron chi connectivity index (χ0n) is 31.0. The van der Waals surface area contributed by atoms with E-state index in [1.54, 1.807) is 0 Å². The average molecular weight is 726 g/mol. The fourth-order valence-electron chi connectivity index (χ4n) is 8.78. The molecule has 11 aromatic rings. The zero-order valence-corrected chi connectivity index (χ0v) is 31.0.